The van der Waals surface area contributed by atoms with Gasteiger partial charge in [0.15, 0.2) is 5.69 Å². The molecule has 1 aliphatic heterocycles. The van der Waals surface area contributed by atoms with Crippen molar-refractivity contribution in [3.8, 4) is 0 Å². The first-order valence-electron chi connectivity index (χ1n) is 4.02. The first kappa shape index (κ1) is 8.58. The molecule has 0 aromatic carbocycles. The molecular formula is C7H9N3O2S. The number of hydrogen-bond acceptors (Lipinski definition) is 5. The van der Waals surface area contributed by atoms with Crippen molar-refractivity contribution in [2.75, 3.05) is 26.3 Å². The number of carbonyl (C=O) groups excluding carboxylic acids is 1. The first-order chi connectivity index (χ1) is 6.38. The Balaban J connectivity index is 2.04. The zero-order valence-corrected chi connectivity index (χ0v) is 7.79. The average molecular weight is 199 g/mol. The lowest BCUT2D eigenvalue weighted by atomic mass is 10.3. The fraction of sp³-hybridized carbons (Fsp3) is 0.571. The van der Waals surface area contributed by atoms with Crippen molar-refractivity contribution < 1.29 is 9.53 Å². The molecule has 5 nitrogen and oxygen atoms in total. The van der Waals surface area contributed by atoms with Crippen molar-refractivity contribution in [3.05, 3.63) is 11.1 Å². The van der Waals surface area contributed by atoms with Crippen molar-refractivity contribution >= 4 is 17.4 Å². The number of morpholine rings is 1. The third-order valence-corrected chi connectivity index (χ3v) is 2.38. The molecule has 0 spiro atoms. The highest BCUT2D eigenvalue weighted by molar-refractivity contribution is 7.03. The monoisotopic (exact) mass is 199 g/mol. The summed E-state index contributed by atoms with van der Waals surface area (Å²) in [6.07, 6.45) is 0. The summed E-state index contributed by atoms with van der Waals surface area (Å²) in [4.78, 5) is 13.4. The van der Waals surface area contributed by atoms with E-state index in [9.17, 15) is 4.79 Å². The van der Waals surface area contributed by atoms with Crippen LogP contribution in [0.2, 0.25) is 0 Å². The number of nitrogens with zero attached hydrogens (tertiary/aromatic N) is 3. The molecule has 0 unspecified atom stereocenters. The smallest absolute Gasteiger partial charge is 0.275 e. The number of ether oxygens (including phenoxy) is 1. The van der Waals surface area contributed by atoms with Crippen LogP contribution < -0.4 is 0 Å². The highest BCUT2D eigenvalue weighted by Crippen LogP contribution is 2.05. The summed E-state index contributed by atoms with van der Waals surface area (Å²) in [5, 5.41) is 5.39. The molecule has 0 radical (unpaired) electrons. The minimum Gasteiger partial charge on any atom is -0.378 e. The zero-order valence-electron chi connectivity index (χ0n) is 6.97. The second-order valence-electron chi connectivity index (χ2n) is 2.69. The second kappa shape index (κ2) is 3.80. The van der Waals surface area contributed by atoms with E-state index in [2.05, 4.69) is 9.59 Å². The van der Waals surface area contributed by atoms with Gasteiger partial charge in [0.2, 0.25) is 0 Å². The van der Waals surface area contributed by atoms with Crippen molar-refractivity contribution in [1.29, 1.82) is 0 Å². The molecule has 1 amide bonds. The quantitative estimate of drug-likeness (QED) is 0.639. The second-order valence-corrected chi connectivity index (χ2v) is 3.30. The standard InChI is InChI=1S/C7H9N3O2S/c11-7(6-5-13-9-8-6)10-1-3-12-4-2-10/h5H,1-4H2. The van der Waals surface area contributed by atoms with E-state index in [-0.39, 0.29) is 5.91 Å². The Morgan fingerprint density at radius 3 is 2.92 bits per heavy atom. The van der Waals surface area contributed by atoms with E-state index >= 15 is 0 Å². The molecule has 6 heteroatoms. The lowest BCUT2D eigenvalue weighted by molar-refractivity contribution is 0.0299. The molecule has 1 saturated heterocycles. The Hall–Kier alpha value is -1.01. The van der Waals surface area contributed by atoms with Crippen LogP contribution in [0, 0.1) is 0 Å². The summed E-state index contributed by atoms with van der Waals surface area (Å²) in [5.41, 5.74) is 0.437. The number of rotatable bonds is 1. The zero-order chi connectivity index (χ0) is 9.10. The van der Waals surface area contributed by atoms with Crippen LogP contribution in [0.1, 0.15) is 10.5 Å². The topological polar surface area (TPSA) is 55.3 Å². The molecule has 1 aliphatic rings. The van der Waals surface area contributed by atoms with E-state index in [0.717, 1.165) is 0 Å². The fourth-order valence-corrected chi connectivity index (χ4v) is 1.62. The molecule has 1 aromatic rings. The third-order valence-electron chi connectivity index (χ3n) is 1.88. The van der Waals surface area contributed by atoms with Crippen LogP contribution in [0.15, 0.2) is 5.38 Å². The molecule has 0 saturated carbocycles. The molecule has 0 aliphatic carbocycles. The number of aromatic nitrogens is 2. The summed E-state index contributed by atoms with van der Waals surface area (Å²) in [6, 6.07) is 0. The van der Waals surface area contributed by atoms with Gasteiger partial charge in [-0.15, -0.1) is 5.10 Å². The van der Waals surface area contributed by atoms with E-state index in [1.54, 1.807) is 10.3 Å². The maximum absolute atomic E-state index is 11.6. The van der Waals surface area contributed by atoms with Gasteiger partial charge in [-0.1, -0.05) is 4.49 Å². The summed E-state index contributed by atoms with van der Waals surface area (Å²) < 4.78 is 8.79. The van der Waals surface area contributed by atoms with E-state index in [0.29, 0.717) is 32.0 Å². The predicted octanol–water partition coefficient (Wildman–Crippen LogP) is 0.0105. The molecule has 0 atom stereocenters. The van der Waals surface area contributed by atoms with Crippen LogP contribution in [0.5, 0.6) is 0 Å². The van der Waals surface area contributed by atoms with Crippen molar-refractivity contribution in [2.45, 2.75) is 0 Å². The lowest BCUT2D eigenvalue weighted by Gasteiger charge is -2.25. The van der Waals surface area contributed by atoms with Crippen molar-refractivity contribution in [3.63, 3.8) is 0 Å². The summed E-state index contributed by atoms with van der Waals surface area (Å²) >= 11 is 1.19. The number of carbonyl (C=O) groups is 1. The molecule has 1 fully saturated rings. The maximum Gasteiger partial charge on any atom is 0.275 e. The SMILES string of the molecule is O=C(c1csnn1)N1CCOCC1. The Kier molecular flexibility index (Phi) is 2.51. The van der Waals surface area contributed by atoms with Crippen LogP contribution in [0.3, 0.4) is 0 Å². The van der Waals surface area contributed by atoms with Gasteiger partial charge in [0.05, 0.1) is 13.2 Å². The van der Waals surface area contributed by atoms with Gasteiger partial charge < -0.3 is 9.64 Å². The van der Waals surface area contributed by atoms with Gasteiger partial charge in [-0.25, -0.2) is 0 Å². The van der Waals surface area contributed by atoms with Crippen LogP contribution in [-0.2, 0) is 4.74 Å². The number of amides is 1. The van der Waals surface area contributed by atoms with Gasteiger partial charge in [-0.3, -0.25) is 4.79 Å². The van der Waals surface area contributed by atoms with Crippen LogP contribution in [0.25, 0.3) is 0 Å². The molecule has 0 N–H and O–H groups in total. The lowest BCUT2D eigenvalue weighted by Crippen LogP contribution is -2.40. The van der Waals surface area contributed by atoms with Gasteiger partial charge in [0.1, 0.15) is 0 Å². The maximum atomic E-state index is 11.6. The van der Waals surface area contributed by atoms with E-state index in [4.69, 9.17) is 4.74 Å². The molecule has 2 rings (SSSR count). The minimum absolute atomic E-state index is 0.0444. The van der Waals surface area contributed by atoms with E-state index in [1.807, 2.05) is 0 Å². The Bertz CT molecular complexity index is 282. The highest BCUT2D eigenvalue weighted by Gasteiger charge is 2.19. The summed E-state index contributed by atoms with van der Waals surface area (Å²) in [7, 11) is 0. The highest BCUT2D eigenvalue weighted by atomic mass is 32.1. The van der Waals surface area contributed by atoms with Crippen molar-refractivity contribution in [2.24, 2.45) is 0 Å². The van der Waals surface area contributed by atoms with Gasteiger partial charge in [-0.05, 0) is 11.5 Å². The summed E-state index contributed by atoms with van der Waals surface area (Å²) in [6.45, 7) is 2.53. The molecule has 13 heavy (non-hydrogen) atoms. The Morgan fingerprint density at radius 1 is 1.54 bits per heavy atom. The molecule has 2 heterocycles. The first-order valence-corrected chi connectivity index (χ1v) is 4.85. The Morgan fingerprint density at radius 2 is 2.31 bits per heavy atom. The van der Waals surface area contributed by atoms with Crippen LogP contribution in [-0.4, -0.2) is 46.7 Å². The van der Waals surface area contributed by atoms with Crippen molar-refractivity contribution in [1.82, 2.24) is 14.5 Å². The Labute approximate surface area is 79.5 Å². The van der Waals surface area contributed by atoms with Crippen LogP contribution >= 0.6 is 11.5 Å². The molecule has 0 bridgehead atoms. The predicted molar refractivity (Wildman–Crippen MR) is 46.6 cm³/mol. The van der Waals surface area contributed by atoms with Gasteiger partial charge >= 0.3 is 0 Å². The van der Waals surface area contributed by atoms with Gasteiger partial charge in [0, 0.05) is 18.5 Å². The van der Waals surface area contributed by atoms with E-state index < -0.39 is 0 Å². The molecule has 70 valence electrons. The number of hydrogen-bond donors (Lipinski definition) is 0. The average Bonchev–Trinajstić information content (AvgIpc) is 2.71. The van der Waals surface area contributed by atoms with Gasteiger partial charge in [0.25, 0.3) is 5.91 Å². The van der Waals surface area contributed by atoms with E-state index in [1.165, 1.54) is 11.5 Å². The molecular weight excluding hydrogens is 190 g/mol. The van der Waals surface area contributed by atoms with Gasteiger partial charge in [-0.2, -0.15) is 0 Å². The largest absolute Gasteiger partial charge is 0.378 e. The third kappa shape index (κ3) is 1.84. The van der Waals surface area contributed by atoms with Crippen LogP contribution in [0.4, 0.5) is 0 Å². The molecule has 1 aromatic heterocycles. The fourth-order valence-electron chi connectivity index (χ4n) is 1.19. The summed E-state index contributed by atoms with van der Waals surface area (Å²) in [5.74, 6) is -0.0444. The normalized spacial score (nSPS) is 17.4. The minimum atomic E-state index is -0.0444.